The normalized spacial score (nSPS) is 11.7. The summed E-state index contributed by atoms with van der Waals surface area (Å²) in [5.41, 5.74) is 1.91. The molecule has 1 aromatic carbocycles. The van der Waals surface area contributed by atoms with E-state index in [9.17, 15) is 4.39 Å². The minimum Gasteiger partial charge on any atom is -0.377 e. The van der Waals surface area contributed by atoms with Gasteiger partial charge in [0.2, 0.25) is 0 Å². The van der Waals surface area contributed by atoms with Gasteiger partial charge in [0, 0.05) is 6.20 Å². The molecule has 3 nitrogen and oxygen atoms in total. The monoisotopic (exact) mass is 275 g/mol. The van der Waals surface area contributed by atoms with E-state index in [0.29, 0.717) is 16.3 Å². The summed E-state index contributed by atoms with van der Waals surface area (Å²) in [4.78, 5) is 3.81. The van der Waals surface area contributed by atoms with E-state index in [-0.39, 0.29) is 11.9 Å². The van der Waals surface area contributed by atoms with Gasteiger partial charge in [0.25, 0.3) is 0 Å². The molecule has 1 aromatic heterocycles. The number of pyridine rings is 1. The first-order chi connectivity index (χ1) is 9.10. The van der Waals surface area contributed by atoms with E-state index in [1.165, 1.54) is 6.07 Å². The summed E-state index contributed by atoms with van der Waals surface area (Å²) in [5, 5.41) is 12.4. The second kappa shape index (κ2) is 5.68. The number of rotatable bonds is 3. The number of aromatic nitrogens is 1. The van der Waals surface area contributed by atoms with E-state index in [1.54, 1.807) is 24.4 Å². The second-order valence-corrected chi connectivity index (χ2v) is 4.52. The Kier molecular flexibility index (Phi) is 3.98. The van der Waals surface area contributed by atoms with Gasteiger partial charge in [-0.15, -0.1) is 0 Å². The van der Waals surface area contributed by atoms with Gasteiger partial charge in [-0.25, -0.2) is 4.39 Å². The molecule has 0 amide bonds. The van der Waals surface area contributed by atoms with Crippen LogP contribution in [0.4, 0.5) is 10.1 Å². The molecule has 1 unspecified atom stereocenters. The molecule has 19 heavy (non-hydrogen) atoms. The maximum atomic E-state index is 13.1. The molecule has 1 atom stereocenters. The SMILES string of the molecule is CC(Nc1ccc(C#N)cc1Cl)c1cncc(F)c1. The number of halogens is 2. The molecular weight excluding hydrogens is 265 g/mol. The van der Waals surface area contributed by atoms with Crippen LogP contribution in [0, 0.1) is 17.1 Å². The molecule has 0 aliphatic carbocycles. The number of nitriles is 1. The van der Waals surface area contributed by atoms with E-state index in [4.69, 9.17) is 16.9 Å². The van der Waals surface area contributed by atoms with Crippen LogP contribution >= 0.6 is 11.6 Å². The van der Waals surface area contributed by atoms with Crippen LogP contribution in [0.15, 0.2) is 36.7 Å². The zero-order valence-corrected chi connectivity index (χ0v) is 10.9. The van der Waals surface area contributed by atoms with Crippen LogP contribution in [0.25, 0.3) is 0 Å². The standard InChI is InChI=1S/C14H11ClFN3/c1-9(11-5-12(16)8-18-7-11)19-14-3-2-10(6-17)4-13(14)15/h2-5,7-9,19H,1H3. The van der Waals surface area contributed by atoms with Gasteiger partial charge >= 0.3 is 0 Å². The number of nitrogens with zero attached hydrogens (tertiary/aromatic N) is 2. The molecular formula is C14H11ClFN3. The number of hydrogen-bond donors (Lipinski definition) is 1. The Hall–Kier alpha value is -2.12. The summed E-state index contributed by atoms with van der Waals surface area (Å²) in [6.45, 7) is 1.88. The summed E-state index contributed by atoms with van der Waals surface area (Å²) in [6, 6.07) is 8.27. The smallest absolute Gasteiger partial charge is 0.141 e. The summed E-state index contributed by atoms with van der Waals surface area (Å²) >= 11 is 6.07. The molecule has 1 heterocycles. The fourth-order valence-electron chi connectivity index (χ4n) is 1.68. The molecule has 5 heteroatoms. The minimum atomic E-state index is -0.378. The zero-order chi connectivity index (χ0) is 13.8. The fraction of sp³-hybridized carbons (Fsp3) is 0.143. The molecule has 0 saturated carbocycles. The first kappa shape index (κ1) is 13.3. The molecule has 0 saturated heterocycles. The van der Waals surface area contributed by atoms with Crippen molar-refractivity contribution in [1.29, 1.82) is 5.26 Å². The second-order valence-electron chi connectivity index (χ2n) is 4.11. The first-order valence-corrected chi connectivity index (χ1v) is 6.04. The Bertz CT molecular complexity index is 637. The Morgan fingerprint density at radius 2 is 2.16 bits per heavy atom. The largest absolute Gasteiger partial charge is 0.377 e. The van der Waals surface area contributed by atoms with Crippen molar-refractivity contribution in [1.82, 2.24) is 4.98 Å². The average molecular weight is 276 g/mol. The fourth-order valence-corrected chi connectivity index (χ4v) is 1.92. The van der Waals surface area contributed by atoms with Crippen LogP contribution in [0.2, 0.25) is 5.02 Å². The van der Waals surface area contributed by atoms with E-state index in [0.717, 1.165) is 11.8 Å². The molecule has 0 fully saturated rings. The van der Waals surface area contributed by atoms with Crippen molar-refractivity contribution in [3.05, 3.63) is 58.6 Å². The van der Waals surface area contributed by atoms with Gasteiger partial charge in [-0.1, -0.05) is 11.6 Å². The number of anilines is 1. The van der Waals surface area contributed by atoms with Gasteiger partial charge in [-0.3, -0.25) is 4.98 Å². The highest BCUT2D eigenvalue weighted by atomic mass is 35.5. The van der Waals surface area contributed by atoms with Crippen molar-refractivity contribution in [2.24, 2.45) is 0 Å². The maximum Gasteiger partial charge on any atom is 0.141 e. The van der Waals surface area contributed by atoms with Crippen LogP contribution in [-0.2, 0) is 0 Å². The van der Waals surface area contributed by atoms with E-state index >= 15 is 0 Å². The Balaban J connectivity index is 2.20. The van der Waals surface area contributed by atoms with Gasteiger partial charge in [-0.2, -0.15) is 5.26 Å². The lowest BCUT2D eigenvalue weighted by molar-refractivity contribution is 0.616. The van der Waals surface area contributed by atoms with E-state index in [2.05, 4.69) is 10.3 Å². The lowest BCUT2D eigenvalue weighted by Crippen LogP contribution is -2.07. The van der Waals surface area contributed by atoms with Gasteiger partial charge < -0.3 is 5.32 Å². The lowest BCUT2D eigenvalue weighted by Gasteiger charge is -2.16. The third kappa shape index (κ3) is 3.21. The van der Waals surface area contributed by atoms with Crippen LogP contribution in [0.1, 0.15) is 24.1 Å². The minimum absolute atomic E-state index is 0.145. The Morgan fingerprint density at radius 3 is 2.79 bits per heavy atom. The van der Waals surface area contributed by atoms with Crippen LogP contribution in [-0.4, -0.2) is 4.98 Å². The molecule has 2 rings (SSSR count). The lowest BCUT2D eigenvalue weighted by atomic mass is 10.1. The van der Waals surface area contributed by atoms with Crippen LogP contribution < -0.4 is 5.32 Å². The van der Waals surface area contributed by atoms with Crippen LogP contribution in [0.5, 0.6) is 0 Å². The predicted molar refractivity (Wildman–Crippen MR) is 72.4 cm³/mol. The molecule has 2 aromatic rings. The Labute approximate surface area is 115 Å². The van der Waals surface area contributed by atoms with Crippen molar-refractivity contribution in [2.75, 3.05) is 5.32 Å². The van der Waals surface area contributed by atoms with Crippen molar-refractivity contribution in [2.45, 2.75) is 13.0 Å². The highest BCUT2D eigenvalue weighted by Crippen LogP contribution is 2.27. The van der Waals surface area contributed by atoms with Gasteiger partial charge in [0.15, 0.2) is 0 Å². The highest BCUT2D eigenvalue weighted by Gasteiger charge is 2.09. The zero-order valence-electron chi connectivity index (χ0n) is 10.2. The molecule has 96 valence electrons. The van der Waals surface area contributed by atoms with Crippen LogP contribution in [0.3, 0.4) is 0 Å². The molecule has 0 aliphatic rings. The summed E-state index contributed by atoms with van der Waals surface area (Å²) in [5.74, 6) is -0.378. The van der Waals surface area contributed by atoms with Crippen molar-refractivity contribution in [3.63, 3.8) is 0 Å². The maximum absolute atomic E-state index is 13.1. The van der Waals surface area contributed by atoms with Gasteiger partial charge in [-0.05, 0) is 36.8 Å². The first-order valence-electron chi connectivity index (χ1n) is 5.67. The average Bonchev–Trinajstić information content (AvgIpc) is 2.41. The topological polar surface area (TPSA) is 48.7 Å². The number of nitrogens with one attached hydrogen (secondary N) is 1. The Morgan fingerprint density at radius 1 is 1.37 bits per heavy atom. The summed E-state index contributed by atoms with van der Waals surface area (Å²) in [7, 11) is 0. The van der Waals surface area contributed by atoms with Crippen molar-refractivity contribution in [3.8, 4) is 6.07 Å². The molecule has 0 radical (unpaired) electrons. The predicted octanol–water partition coefficient (Wildman–Crippen LogP) is 3.92. The molecule has 0 bridgehead atoms. The van der Waals surface area contributed by atoms with Crippen molar-refractivity contribution >= 4 is 17.3 Å². The number of hydrogen-bond acceptors (Lipinski definition) is 3. The third-order valence-electron chi connectivity index (χ3n) is 2.70. The summed E-state index contributed by atoms with van der Waals surface area (Å²) < 4.78 is 13.1. The third-order valence-corrected chi connectivity index (χ3v) is 3.01. The number of benzene rings is 1. The van der Waals surface area contributed by atoms with E-state index < -0.39 is 0 Å². The summed E-state index contributed by atoms with van der Waals surface area (Å²) in [6.07, 6.45) is 2.75. The highest BCUT2D eigenvalue weighted by molar-refractivity contribution is 6.33. The van der Waals surface area contributed by atoms with Crippen molar-refractivity contribution < 1.29 is 4.39 Å². The molecule has 1 N–H and O–H groups in total. The van der Waals surface area contributed by atoms with Gasteiger partial charge in [0.05, 0.1) is 34.6 Å². The van der Waals surface area contributed by atoms with E-state index in [1.807, 2.05) is 13.0 Å². The van der Waals surface area contributed by atoms with Gasteiger partial charge in [0.1, 0.15) is 5.82 Å². The molecule has 0 aliphatic heterocycles. The molecule has 0 spiro atoms. The quantitative estimate of drug-likeness (QED) is 0.924.